The predicted molar refractivity (Wildman–Crippen MR) is 52.5 cm³/mol. The summed E-state index contributed by atoms with van der Waals surface area (Å²) in [5, 5.41) is 15.6. The zero-order valence-electron chi connectivity index (χ0n) is 9.23. The van der Waals surface area contributed by atoms with Crippen LogP contribution in [0.1, 0.15) is 20.8 Å². The van der Waals surface area contributed by atoms with Crippen molar-refractivity contribution >= 4 is 12.1 Å². The summed E-state index contributed by atoms with van der Waals surface area (Å²) in [6, 6.07) is 0. The van der Waals surface area contributed by atoms with Crippen molar-refractivity contribution in [1.82, 2.24) is 0 Å². The molecule has 15 heavy (non-hydrogen) atoms. The Morgan fingerprint density at radius 1 is 1.27 bits per heavy atom. The number of ether oxygens (including phenoxy) is 2. The second kappa shape index (κ2) is 10.8. The van der Waals surface area contributed by atoms with Gasteiger partial charge in [-0.2, -0.15) is 0 Å². The first-order valence-electron chi connectivity index (χ1n) is 4.58. The van der Waals surface area contributed by atoms with Crippen molar-refractivity contribution in [3.63, 3.8) is 0 Å². The molecule has 6 heteroatoms. The van der Waals surface area contributed by atoms with Crippen molar-refractivity contribution in [2.75, 3.05) is 19.8 Å². The fourth-order valence-electron chi connectivity index (χ4n) is 0.442. The summed E-state index contributed by atoms with van der Waals surface area (Å²) in [4.78, 5) is 19.9. The summed E-state index contributed by atoms with van der Waals surface area (Å²) in [7, 11) is 0. The largest absolute Gasteiger partial charge is 0.505 e. The number of hydrogen-bond donors (Lipinski definition) is 2. The Morgan fingerprint density at radius 3 is 1.93 bits per heavy atom. The molecule has 0 fully saturated rings. The van der Waals surface area contributed by atoms with E-state index in [1.807, 2.05) is 13.8 Å². The highest BCUT2D eigenvalue weighted by Gasteiger charge is 2.04. The lowest BCUT2D eigenvalue weighted by atomic mass is 10.2. The minimum absolute atomic E-state index is 0.00921. The number of carboxylic acid groups (broad SMARTS) is 1. The molecule has 6 nitrogen and oxygen atoms in total. The smallest absolute Gasteiger partial charge is 0.466 e. The number of carbonyl (C=O) groups excluding carboxylic acids is 1. The number of aliphatic hydroxyl groups excluding tert-OH is 1. The summed E-state index contributed by atoms with van der Waals surface area (Å²) < 4.78 is 8.52. The maximum Gasteiger partial charge on any atom is 0.505 e. The molecule has 0 amide bonds. The van der Waals surface area contributed by atoms with E-state index in [1.54, 1.807) is 6.92 Å². The molecule has 0 aromatic heterocycles. The van der Waals surface area contributed by atoms with Gasteiger partial charge in [0.05, 0.1) is 19.1 Å². The Hall–Kier alpha value is -1.30. The number of carbonyl (C=O) groups is 2. The molecule has 0 atom stereocenters. The predicted octanol–water partition coefficient (Wildman–Crippen LogP) is 0.879. The van der Waals surface area contributed by atoms with Crippen LogP contribution in [0.2, 0.25) is 0 Å². The molecule has 0 unspecified atom stereocenters. The van der Waals surface area contributed by atoms with E-state index < -0.39 is 6.16 Å². The van der Waals surface area contributed by atoms with Gasteiger partial charge < -0.3 is 19.7 Å². The van der Waals surface area contributed by atoms with Crippen molar-refractivity contribution in [2.24, 2.45) is 5.92 Å². The Labute approximate surface area is 88.8 Å². The third-order valence-electron chi connectivity index (χ3n) is 1.07. The van der Waals surface area contributed by atoms with Crippen LogP contribution in [-0.2, 0) is 14.3 Å². The first-order chi connectivity index (χ1) is 6.95. The van der Waals surface area contributed by atoms with E-state index in [2.05, 4.69) is 9.47 Å². The highest BCUT2D eigenvalue weighted by atomic mass is 16.7. The second-order valence-corrected chi connectivity index (χ2v) is 2.74. The normalized spacial score (nSPS) is 8.87. The Bertz CT molecular complexity index is 177. The van der Waals surface area contributed by atoms with Crippen LogP contribution in [0.15, 0.2) is 0 Å². The summed E-state index contributed by atoms with van der Waals surface area (Å²) in [5.74, 6) is -0.109. The summed E-state index contributed by atoms with van der Waals surface area (Å²) in [5.41, 5.74) is 0. The molecular weight excluding hydrogens is 204 g/mol. The standard InChI is InChI=1S/C6H12O2.C3H6O4/c1-4-8-6(7)5(2)3;4-1-2-7-3(5)6/h5H,4H2,1-3H3;4H,1-2H2,(H,5,6). The molecule has 0 saturated carbocycles. The molecule has 0 aliphatic rings. The number of esters is 1. The van der Waals surface area contributed by atoms with E-state index in [-0.39, 0.29) is 25.1 Å². The van der Waals surface area contributed by atoms with Gasteiger partial charge in [0.25, 0.3) is 0 Å². The van der Waals surface area contributed by atoms with E-state index in [4.69, 9.17) is 10.2 Å². The molecule has 2 N–H and O–H groups in total. The highest BCUT2D eigenvalue weighted by molar-refractivity contribution is 5.71. The molecular formula is C9H18O6. The van der Waals surface area contributed by atoms with Crippen molar-refractivity contribution < 1.29 is 29.3 Å². The first kappa shape index (κ1) is 16.1. The molecule has 0 aliphatic heterocycles. The van der Waals surface area contributed by atoms with E-state index in [0.717, 1.165) is 0 Å². The van der Waals surface area contributed by atoms with Gasteiger partial charge >= 0.3 is 12.1 Å². The topological polar surface area (TPSA) is 93.1 Å². The van der Waals surface area contributed by atoms with Gasteiger partial charge in [-0.1, -0.05) is 13.8 Å². The van der Waals surface area contributed by atoms with Gasteiger partial charge in [-0.3, -0.25) is 4.79 Å². The fraction of sp³-hybridized carbons (Fsp3) is 0.778. The monoisotopic (exact) mass is 222 g/mol. The van der Waals surface area contributed by atoms with E-state index in [0.29, 0.717) is 6.61 Å². The molecule has 0 radical (unpaired) electrons. The average Bonchev–Trinajstić information content (AvgIpc) is 2.16. The fourth-order valence-corrected chi connectivity index (χ4v) is 0.442. The van der Waals surface area contributed by atoms with Crippen LogP contribution in [0.3, 0.4) is 0 Å². The summed E-state index contributed by atoms with van der Waals surface area (Å²) >= 11 is 0. The zero-order valence-corrected chi connectivity index (χ0v) is 9.23. The van der Waals surface area contributed by atoms with E-state index >= 15 is 0 Å². The number of hydrogen-bond acceptors (Lipinski definition) is 5. The Morgan fingerprint density at radius 2 is 1.80 bits per heavy atom. The first-order valence-corrected chi connectivity index (χ1v) is 4.58. The Balaban J connectivity index is 0. The van der Waals surface area contributed by atoms with Crippen molar-refractivity contribution in [3.8, 4) is 0 Å². The summed E-state index contributed by atoms with van der Waals surface area (Å²) in [6.45, 7) is 5.52. The Kier molecular flexibility index (Phi) is 11.6. The van der Waals surface area contributed by atoms with Gasteiger partial charge in [0, 0.05) is 0 Å². The molecule has 0 aromatic carbocycles. The van der Waals surface area contributed by atoms with Gasteiger partial charge in [-0.15, -0.1) is 0 Å². The molecule has 0 saturated heterocycles. The van der Waals surface area contributed by atoms with Crippen LogP contribution >= 0.6 is 0 Å². The van der Waals surface area contributed by atoms with Gasteiger partial charge in [0.1, 0.15) is 6.61 Å². The van der Waals surface area contributed by atoms with Crippen LogP contribution in [-0.4, -0.2) is 42.2 Å². The third kappa shape index (κ3) is 15.5. The number of rotatable bonds is 4. The second-order valence-electron chi connectivity index (χ2n) is 2.74. The van der Waals surface area contributed by atoms with Gasteiger partial charge in [-0.05, 0) is 6.92 Å². The van der Waals surface area contributed by atoms with E-state index in [9.17, 15) is 9.59 Å². The van der Waals surface area contributed by atoms with Gasteiger partial charge in [0.2, 0.25) is 0 Å². The van der Waals surface area contributed by atoms with Gasteiger partial charge in [-0.25, -0.2) is 4.79 Å². The van der Waals surface area contributed by atoms with Crippen LogP contribution < -0.4 is 0 Å². The molecule has 0 rings (SSSR count). The lowest BCUT2D eigenvalue weighted by molar-refractivity contribution is -0.146. The van der Waals surface area contributed by atoms with Gasteiger partial charge in [0.15, 0.2) is 0 Å². The molecule has 0 heterocycles. The lowest BCUT2D eigenvalue weighted by Crippen LogP contribution is -2.10. The van der Waals surface area contributed by atoms with Crippen LogP contribution in [0.25, 0.3) is 0 Å². The molecule has 0 bridgehead atoms. The molecule has 0 spiro atoms. The lowest BCUT2D eigenvalue weighted by Gasteiger charge is -2.01. The molecule has 0 aromatic rings. The quantitative estimate of drug-likeness (QED) is 0.686. The summed E-state index contributed by atoms with van der Waals surface area (Å²) in [6.07, 6.45) is -1.35. The van der Waals surface area contributed by atoms with Crippen molar-refractivity contribution in [1.29, 1.82) is 0 Å². The SMILES string of the molecule is CCOC(=O)C(C)C.O=C(O)OCCO. The maximum absolute atomic E-state index is 10.5. The van der Waals surface area contributed by atoms with E-state index in [1.165, 1.54) is 0 Å². The molecule has 0 aliphatic carbocycles. The van der Waals surface area contributed by atoms with Crippen LogP contribution in [0.4, 0.5) is 4.79 Å². The van der Waals surface area contributed by atoms with Crippen molar-refractivity contribution in [2.45, 2.75) is 20.8 Å². The highest BCUT2D eigenvalue weighted by Crippen LogP contribution is 1.93. The molecule has 90 valence electrons. The van der Waals surface area contributed by atoms with Crippen LogP contribution in [0, 0.1) is 5.92 Å². The minimum Gasteiger partial charge on any atom is -0.466 e. The third-order valence-corrected chi connectivity index (χ3v) is 1.07. The average molecular weight is 222 g/mol. The zero-order chi connectivity index (χ0) is 12.3. The number of aliphatic hydroxyl groups is 1. The van der Waals surface area contributed by atoms with Crippen molar-refractivity contribution in [3.05, 3.63) is 0 Å². The minimum atomic E-state index is -1.35. The van der Waals surface area contributed by atoms with Crippen LogP contribution in [0.5, 0.6) is 0 Å². The maximum atomic E-state index is 10.5.